The van der Waals surface area contributed by atoms with Gasteiger partial charge in [-0.2, -0.15) is 0 Å². The van der Waals surface area contributed by atoms with Gasteiger partial charge < -0.3 is 35.3 Å². The van der Waals surface area contributed by atoms with Crippen LogP contribution in [0.1, 0.15) is 20.7 Å². The average molecular weight is 833 g/mol. The zero-order valence-electron chi connectivity index (χ0n) is 17.5. The van der Waals surface area contributed by atoms with Crippen molar-refractivity contribution in [3.05, 3.63) is 21.8 Å². The van der Waals surface area contributed by atoms with Crippen LogP contribution in [0.4, 0.5) is 5.69 Å². The first-order chi connectivity index (χ1) is 16.7. The van der Waals surface area contributed by atoms with E-state index in [1.807, 2.05) is 67.8 Å². The number of nitrogens with one attached hydrogen (secondary N) is 3. The fourth-order valence-corrected chi connectivity index (χ4v) is 6.73. The summed E-state index contributed by atoms with van der Waals surface area (Å²) >= 11 is 5.58. The van der Waals surface area contributed by atoms with Crippen LogP contribution < -0.4 is 16.0 Å². The van der Waals surface area contributed by atoms with E-state index in [2.05, 4.69) is 25.4 Å². The molecule has 0 radical (unpaired) electrons. The van der Waals surface area contributed by atoms with Crippen molar-refractivity contribution >= 4 is 118 Å². The Kier molecular flexibility index (Phi) is 17.7. The van der Waals surface area contributed by atoms with E-state index in [-0.39, 0.29) is 69.0 Å². The van der Waals surface area contributed by atoms with Gasteiger partial charge in [0.15, 0.2) is 6.10 Å². The number of hydrogen-bond donors (Lipinski definition) is 4. The summed E-state index contributed by atoms with van der Waals surface area (Å²) in [5.74, 6) is -1.16. The molecule has 0 heterocycles. The molecule has 1 rings (SSSR count). The van der Waals surface area contributed by atoms with Gasteiger partial charge in [0.2, 0.25) is 6.41 Å². The Bertz CT molecular complexity index is 931. The van der Waals surface area contributed by atoms with E-state index < -0.39 is 17.9 Å². The molecular formula is C18H18I3N3O11. The summed E-state index contributed by atoms with van der Waals surface area (Å²) in [7, 11) is 0. The van der Waals surface area contributed by atoms with Crippen molar-refractivity contribution in [2.75, 3.05) is 31.6 Å². The number of carbonyl (C=O) groups excluding carboxylic acids is 6. The van der Waals surface area contributed by atoms with Gasteiger partial charge in [0, 0.05) is 3.57 Å². The van der Waals surface area contributed by atoms with Crippen LogP contribution in [0.25, 0.3) is 0 Å². The van der Waals surface area contributed by atoms with E-state index in [1.165, 1.54) is 0 Å². The van der Waals surface area contributed by atoms with Gasteiger partial charge in [0.05, 0.1) is 37.0 Å². The largest absolute Gasteiger partial charge is 0.483 e. The second kappa shape index (κ2) is 19.0. The number of carboxylic acid groups (broad SMARTS) is 1. The molecule has 0 aliphatic heterocycles. The van der Waals surface area contributed by atoms with Gasteiger partial charge in [-0.05, 0) is 67.8 Å². The first-order valence-corrected chi connectivity index (χ1v) is 12.2. The maximum Gasteiger partial charge on any atom is 0.293 e. The molecule has 0 saturated heterocycles. The maximum atomic E-state index is 12.9. The molecule has 14 nitrogen and oxygen atoms in total. The lowest BCUT2D eigenvalue weighted by Crippen LogP contribution is -2.37. The highest BCUT2D eigenvalue weighted by Crippen LogP contribution is 2.35. The van der Waals surface area contributed by atoms with Crippen molar-refractivity contribution in [2.45, 2.75) is 6.10 Å². The van der Waals surface area contributed by atoms with Crippen LogP contribution in [0.3, 0.4) is 0 Å². The molecule has 0 bridgehead atoms. The predicted octanol–water partition coefficient (Wildman–Crippen LogP) is 0.117. The van der Waals surface area contributed by atoms with Crippen LogP contribution in [0.2, 0.25) is 0 Å². The number of anilines is 1. The van der Waals surface area contributed by atoms with E-state index in [1.54, 1.807) is 0 Å². The van der Waals surface area contributed by atoms with Gasteiger partial charge in [0.1, 0.15) is 13.2 Å². The summed E-state index contributed by atoms with van der Waals surface area (Å²) < 4.78 is 14.9. The normalized spacial score (nSPS) is 10.3. The monoisotopic (exact) mass is 833 g/mol. The van der Waals surface area contributed by atoms with Crippen LogP contribution in [-0.2, 0) is 38.2 Å². The molecule has 1 aromatic carbocycles. The first kappa shape index (κ1) is 32.7. The van der Waals surface area contributed by atoms with Crippen molar-refractivity contribution in [2.24, 2.45) is 0 Å². The number of carbonyl (C=O) groups is 7. The zero-order valence-corrected chi connectivity index (χ0v) is 23.9. The Morgan fingerprint density at radius 1 is 0.857 bits per heavy atom. The summed E-state index contributed by atoms with van der Waals surface area (Å²) in [5, 5.41) is 14.5. The molecule has 1 aromatic rings. The van der Waals surface area contributed by atoms with Crippen LogP contribution in [0.5, 0.6) is 0 Å². The first-order valence-electron chi connectivity index (χ1n) is 8.99. The molecule has 0 aromatic heterocycles. The van der Waals surface area contributed by atoms with E-state index in [9.17, 15) is 28.8 Å². The number of benzene rings is 1. The average Bonchev–Trinajstić information content (AvgIpc) is 2.82. The second-order valence-corrected chi connectivity index (χ2v) is 8.89. The minimum absolute atomic E-state index is 0.0368. The molecule has 0 aliphatic rings. The van der Waals surface area contributed by atoms with Crippen molar-refractivity contribution in [1.82, 2.24) is 10.6 Å². The summed E-state index contributed by atoms with van der Waals surface area (Å²) in [4.78, 5) is 76.3. The molecular weight excluding hydrogens is 815 g/mol. The third-order valence-corrected chi connectivity index (χ3v) is 6.87. The lowest BCUT2D eigenvalue weighted by Gasteiger charge is -2.19. The highest BCUT2D eigenvalue weighted by Gasteiger charge is 2.28. The molecule has 35 heavy (non-hydrogen) atoms. The highest BCUT2D eigenvalue weighted by atomic mass is 127. The lowest BCUT2D eigenvalue weighted by atomic mass is 10.1. The van der Waals surface area contributed by atoms with Gasteiger partial charge in [-0.1, -0.05) is 0 Å². The number of amides is 3. The van der Waals surface area contributed by atoms with Gasteiger partial charge in [0.25, 0.3) is 37.7 Å². The van der Waals surface area contributed by atoms with Crippen LogP contribution >= 0.6 is 67.8 Å². The van der Waals surface area contributed by atoms with Gasteiger partial charge in [-0.3, -0.25) is 33.6 Å². The molecule has 192 valence electrons. The van der Waals surface area contributed by atoms with Crippen molar-refractivity contribution in [3.8, 4) is 0 Å². The number of ether oxygens (including phenoxy) is 3. The molecule has 3 amide bonds. The molecule has 4 N–H and O–H groups in total. The van der Waals surface area contributed by atoms with Crippen molar-refractivity contribution in [3.63, 3.8) is 0 Å². The molecule has 0 spiro atoms. The molecule has 0 aliphatic carbocycles. The third-order valence-electron chi connectivity index (χ3n) is 3.64. The number of hydrogen-bond acceptors (Lipinski definition) is 10. The summed E-state index contributed by atoms with van der Waals surface area (Å²) in [5.41, 5.74) is 0.495. The Morgan fingerprint density at radius 2 is 1.40 bits per heavy atom. The van der Waals surface area contributed by atoms with Gasteiger partial charge in [-0.15, -0.1) is 0 Å². The van der Waals surface area contributed by atoms with Gasteiger partial charge >= 0.3 is 0 Å². The van der Waals surface area contributed by atoms with Crippen molar-refractivity contribution in [1.29, 1.82) is 0 Å². The SMILES string of the molecule is O=CNc1c(I)c(C(=O)NCCOC=O)c(I)c(C(=O)NCC(COC=O)OC=O)c1I.O=CO. The lowest BCUT2D eigenvalue weighted by molar-refractivity contribution is -0.142. The zero-order chi connectivity index (χ0) is 26.8. The minimum atomic E-state index is -0.922. The van der Waals surface area contributed by atoms with E-state index in [0.717, 1.165) is 0 Å². The molecule has 0 saturated carbocycles. The number of rotatable bonds is 15. The fraction of sp³-hybridized carbons (Fsp3) is 0.278. The second-order valence-electron chi connectivity index (χ2n) is 5.65. The Hall–Kier alpha value is -2.30. The minimum Gasteiger partial charge on any atom is -0.483 e. The standard InChI is InChI=1S/C17H16I3N3O9.CH2O2/c18-12-10(16(28)21-1-2-30-6-25)13(19)15(23-5-24)14(20)11(12)17(29)22-3-9(32-8-27)4-31-7-26;2-1-3/h5-9H,1-4H2,(H,21,28)(H,22,29)(H,23,24);1H,(H,2,3). The Morgan fingerprint density at radius 3 is 1.89 bits per heavy atom. The Labute approximate surface area is 239 Å². The maximum absolute atomic E-state index is 12.9. The number of halogens is 3. The van der Waals surface area contributed by atoms with E-state index >= 15 is 0 Å². The van der Waals surface area contributed by atoms with E-state index in [4.69, 9.17) is 14.6 Å². The van der Waals surface area contributed by atoms with Crippen LogP contribution in [-0.4, -0.2) is 81.6 Å². The smallest absolute Gasteiger partial charge is 0.293 e. The summed E-state index contributed by atoms with van der Waals surface area (Å²) in [6.45, 7) is -0.110. The predicted molar refractivity (Wildman–Crippen MR) is 143 cm³/mol. The molecule has 0 fully saturated rings. The van der Waals surface area contributed by atoms with Crippen LogP contribution in [0, 0.1) is 10.7 Å². The Balaban J connectivity index is 0.00000365. The fourth-order valence-electron chi connectivity index (χ4n) is 2.27. The quantitative estimate of drug-likeness (QED) is 0.0810. The van der Waals surface area contributed by atoms with Crippen LogP contribution in [0.15, 0.2) is 0 Å². The highest BCUT2D eigenvalue weighted by molar-refractivity contribution is 14.1. The summed E-state index contributed by atoms with van der Waals surface area (Å²) in [6.07, 6.45) is -0.507. The summed E-state index contributed by atoms with van der Waals surface area (Å²) in [6, 6.07) is 0. The molecule has 17 heteroatoms. The van der Waals surface area contributed by atoms with Crippen molar-refractivity contribution < 1.29 is 52.9 Å². The van der Waals surface area contributed by atoms with Gasteiger partial charge in [-0.25, -0.2) is 0 Å². The third kappa shape index (κ3) is 10.9. The van der Waals surface area contributed by atoms with E-state index in [0.29, 0.717) is 17.1 Å². The topological polar surface area (TPSA) is 203 Å². The molecule has 1 atom stereocenters. The molecule has 1 unspecified atom stereocenters.